The second-order valence-electron chi connectivity index (χ2n) is 7.10. The number of likely N-dealkylation sites (N-methyl/N-ethyl adjacent to an activating group) is 1. The van der Waals surface area contributed by atoms with Crippen molar-refractivity contribution in [2.45, 2.75) is 19.1 Å². The Morgan fingerprint density at radius 3 is 2.61 bits per heavy atom. The van der Waals surface area contributed by atoms with Gasteiger partial charge in [0.05, 0.1) is 13.2 Å². The number of nitrogens with zero attached hydrogens (tertiary/aromatic N) is 4. The van der Waals surface area contributed by atoms with E-state index in [9.17, 15) is 9.59 Å². The molecule has 0 radical (unpaired) electrons. The van der Waals surface area contributed by atoms with Crippen molar-refractivity contribution in [2.24, 2.45) is 5.92 Å². The van der Waals surface area contributed by atoms with Gasteiger partial charge in [0.2, 0.25) is 5.88 Å². The van der Waals surface area contributed by atoms with E-state index in [0.29, 0.717) is 36.1 Å². The van der Waals surface area contributed by atoms with E-state index in [1.54, 1.807) is 67.4 Å². The van der Waals surface area contributed by atoms with Gasteiger partial charge in [0.15, 0.2) is 6.10 Å². The number of aromatic nitrogens is 2. The number of methoxy groups -OCH3 is 1. The number of aryl methyl sites for hydroxylation is 1. The van der Waals surface area contributed by atoms with Crippen molar-refractivity contribution < 1.29 is 19.1 Å². The minimum atomic E-state index is -0.655. The zero-order chi connectivity index (χ0) is 19.8. The average Bonchev–Trinajstić information content (AvgIpc) is 3.23. The van der Waals surface area contributed by atoms with Crippen LogP contribution in [0.2, 0.25) is 0 Å². The Balaban J connectivity index is 1.51. The maximum Gasteiger partial charge on any atom is 0.264 e. The summed E-state index contributed by atoms with van der Waals surface area (Å²) in [7, 11) is 3.35. The molecule has 1 aromatic carbocycles. The summed E-state index contributed by atoms with van der Waals surface area (Å²) in [5.74, 6) is 1.41. The standard InChI is InChI=1S/C20H22N4O4/c1-12-21-9-8-17(22-12)28-18-15-10-24(11-16(15)23(2)20(18)26)19(25)13-4-6-14(27-3)7-5-13/h4-9,15-16,18H,10-11H2,1-3H3/t15-,16+,18-/m0/s1. The molecule has 3 atom stereocenters. The van der Waals surface area contributed by atoms with Crippen molar-refractivity contribution in [1.29, 1.82) is 0 Å². The summed E-state index contributed by atoms with van der Waals surface area (Å²) in [6.45, 7) is 2.71. The van der Waals surface area contributed by atoms with Crippen LogP contribution in [-0.4, -0.2) is 71.0 Å². The van der Waals surface area contributed by atoms with Crippen molar-refractivity contribution in [3.8, 4) is 11.6 Å². The van der Waals surface area contributed by atoms with E-state index in [4.69, 9.17) is 9.47 Å². The molecule has 0 bridgehead atoms. The Labute approximate surface area is 163 Å². The minimum Gasteiger partial charge on any atom is -0.497 e. The molecular weight excluding hydrogens is 360 g/mol. The van der Waals surface area contributed by atoms with Crippen LogP contribution in [0.25, 0.3) is 0 Å². The van der Waals surface area contributed by atoms with Gasteiger partial charge in [0.1, 0.15) is 11.6 Å². The van der Waals surface area contributed by atoms with Gasteiger partial charge >= 0.3 is 0 Å². The summed E-state index contributed by atoms with van der Waals surface area (Å²) in [6.07, 6.45) is 0.949. The molecule has 2 aromatic rings. The molecule has 2 fully saturated rings. The molecular formula is C20H22N4O4. The average molecular weight is 382 g/mol. The fraction of sp³-hybridized carbons (Fsp3) is 0.400. The molecule has 0 unspecified atom stereocenters. The Morgan fingerprint density at radius 1 is 1.18 bits per heavy atom. The molecule has 8 nitrogen and oxygen atoms in total. The predicted octanol–water partition coefficient (Wildman–Crippen LogP) is 1.15. The molecule has 0 spiro atoms. The van der Waals surface area contributed by atoms with E-state index in [0.717, 1.165) is 0 Å². The second-order valence-corrected chi connectivity index (χ2v) is 7.10. The molecule has 8 heteroatoms. The molecule has 4 rings (SSSR count). The lowest BCUT2D eigenvalue weighted by Gasteiger charge is -2.22. The predicted molar refractivity (Wildman–Crippen MR) is 100 cm³/mol. The Morgan fingerprint density at radius 2 is 1.93 bits per heavy atom. The summed E-state index contributed by atoms with van der Waals surface area (Å²) in [4.78, 5) is 37.3. The summed E-state index contributed by atoms with van der Waals surface area (Å²) >= 11 is 0. The van der Waals surface area contributed by atoms with Crippen molar-refractivity contribution in [3.63, 3.8) is 0 Å². The summed E-state index contributed by atoms with van der Waals surface area (Å²) in [5.41, 5.74) is 0.596. The molecule has 0 saturated carbocycles. The van der Waals surface area contributed by atoms with Crippen molar-refractivity contribution in [3.05, 3.63) is 47.9 Å². The first-order valence-electron chi connectivity index (χ1n) is 9.14. The zero-order valence-electron chi connectivity index (χ0n) is 16.0. The lowest BCUT2D eigenvalue weighted by molar-refractivity contribution is -0.134. The normalized spacial score (nSPS) is 23.7. The third-order valence-corrected chi connectivity index (χ3v) is 5.43. The molecule has 146 valence electrons. The molecule has 2 amide bonds. The fourth-order valence-electron chi connectivity index (χ4n) is 3.92. The van der Waals surface area contributed by atoms with Gasteiger partial charge in [-0.15, -0.1) is 0 Å². The van der Waals surface area contributed by atoms with Gasteiger partial charge in [-0.25, -0.2) is 4.98 Å². The van der Waals surface area contributed by atoms with E-state index in [1.165, 1.54) is 0 Å². The van der Waals surface area contributed by atoms with Crippen LogP contribution in [-0.2, 0) is 4.79 Å². The van der Waals surface area contributed by atoms with Gasteiger partial charge in [-0.3, -0.25) is 9.59 Å². The van der Waals surface area contributed by atoms with E-state index in [2.05, 4.69) is 9.97 Å². The van der Waals surface area contributed by atoms with Gasteiger partial charge in [-0.1, -0.05) is 0 Å². The minimum absolute atomic E-state index is 0.0606. The first-order valence-corrected chi connectivity index (χ1v) is 9.14. The molecule has 3 heterocycles. The molecule has 2 aliphatic heterocycles. The first kappa shape index (κ1) is 18.2. The van der Waals surface area contributed by atoms with E-state index >= 15 is 0 Å². The number of hydrogen-bond donors (Lipinski definition) is 0. The highest BCUT2D eigenvalue weighted by atomic mass is 16.5. The van der Waals surface area contributed by atoms with Gasteiger partial charge < -0.3 is 19.3 Å². The van der Waals surface area contributed by atoms with E-state index < -0.39 is 6.10 Å². The number of amides is 2. The Hall–Kier alpha value is -3.16. The Kier molecular flexibility index (Phi) is 4.62. The maximum atomic E-state index is 12.9. The van der Waals surface area contributed by atoms with Gasteiger partial charge in [-0.2, -0.15) is 4.98 Å². The zero-order valence-corrected chi connectivity index (χ0v) is 16.0. The number of carbonyl (C=O) groups is 2. The smallest absolute Gasteiger partial charge is 0.264 e. The molecule has 2 saturated heterocycles. The second kappa shape index (κ2) is 7.10. The molecule has 0 aliphatic carbocycles. The lowest BCUT2D eigenvalue weighted by atomic mass is 10.0. The van der Waals surface area contributed by atoms with Crippen molar-refractivity contribution in [1.82, 2.24) is 19.8 Å². The molecule has 28 heavy (non-hydrogen) atoms. The van der Waals surface area contributed by atoms with E-state index in [-0.39, 0.29) is 23.8 Å². The monoisotopic (exact) mass is 382 g/mol. The third-order valence-electron chi connectivity index (χ3n) is 5.43. The number of fused-ring (bicyclic) bond motifs is 1. The highest BCUT2D eigenvalue weighted by Crippen LogP contribution is 2.34. The molecule has 2 aliphatic rings. The van der Waals surface area contributed by atoms with Gasteiger partial charge in [0, 0.05) is 43.9 Å². The van der Waals surface area contributed by atoms with Crippen LogP contribution < -0.4 is 9.47 Å². The number of carbonyl (C=O) groups excluding carboxylic acids is 2. The first-order chi connectivity index (χ1) is 13.5. The number of likely N-dealkylation sites (tertiary alicyclic amines) is 2. The quantitative estimate of drug-likeness (QED) is 0.789. The van der Waals surface area contributed by atoms with E-state index in [1.807, 2.05) is 0 Å². The molecule has 1 aromatic heterocycles. The van der Waals surface area contributed by atoms with Crippen LogP contribution >= 0.6 is 0 Å². The summed E-state index contributed by atoms with van der Waals surface area (Å²) in [6, 6.07) is 8.61. The number of ether oxygens (including phenoxy) is 2. The third kappa shape index (κ3) is 3.15. The van der Waals surface area contributed by atoms with Crippen LogP contribution in [0.15, 0.2) is 36.5 Å². The highest BCUT2D eigenvalue weighted by molar-refractivity contribution is 5.95. The summed E-state index contributed by atoms with van der Waals surface area (Å²) in [5, 5.41) is 0. The number of benzene rings is 1. The highest BCUT2D eigenvalue weighted by Gasteiger charge is 2.53. The topological polar surface area (TPSA) is 84.9 Å². The number of hydrogen-bond acceptors (Lipinski definition) is 6. The molecule has 0 N–H and O–H groups in total. The SMILES string of the molecule is COc1ccc(C(=O)N2C[C@@H]3[C@H](Oc4ccnc(C)n4)C(=O)N(C)[C@@H]3C2)cc1. The van der Waals surface area contributed by atoms with Gasteiger partial charge in [-0.05, 0) is 31.2 Å². The number of rotatable bonds is 4. The van der Waals surface area contributed by atoms with Crippen LogP contribution in [0.3, 0.4) is 0 Å². The van der Waals surface area contributed by atoms with Crippen molar-refractivity contribution >= 4 is 11.8 Å². The lowest BCUT2D eigenvalue weighted by Crippen LogP contribution is -2.40. The maximum absolute atomic E-state index is 12.9. The van der Waals surface area contributed by atoms with Crippen LogP contribution in [0.4, 0.5) is 0 Å². The van der Waals surface area contributed by atoms with Gasteiger partial charge in [0.25, 0.3) is 11.8 Å². The van der Waals surface area contributed by atoms with Crippen molar-refractivity contribution in [2.75, 3.05) is 27.2 Å². The fourth-order valence-corrected chi connectivity index (χ4v) is 3.92. The van der Waals surface area contributed by atoms with Crippen LogP contribution in [0.1, 0.15) is 16.2 Å². The Bertz CT molecular complexity index is 901. The largest absolute Gasteiger partial charge is 0.497 e. The van der Waals surface area contributed by atoms with Crippen LogP contribution in [0, 0.1) is 12.8 Å². The summed E-state index contributed by atoms with van der Waals surface area (Å²) < 4.78 is 11.1. The van der Waals surface area contributed by atoms with Crippen LogP contribution in [0.5, 0.6) is 11.6 Å².